The Morgan fingerprint density at radius 1 is 1.59 bits per heavy atom. The SMILES string of the molecule is CCOC(=O)CCCSc1n[nH]c(C2CC2)n1. The van der Waals surface area contributed by atoms with Gasteiger partial charge in [-0.3, -0.25) is 9.89 Å². The molecule has 0 aliphatic heterocycles. The number of rotatable bonds is 7. The Morgan fingerprint density at radius 2 is 2.41 bits per heavy atom. The van der Waals surface area contributed by atoms with Crippen LogP contribution in [0.3, 0.4) is 0 Å². The Bertz CT molecular complexity index is 377. The predicted octanol–water partition coefficient (Wildman–Crippen LogP) is 2.12. The van der Waals surface area contributed by atoms with Crippen LogP contribution in [0.1, 0.15) is 44.3 Å². The van der Waals surface area contributed by atoms with Gasteiger partial charge in [-0.2, -0.15) is 0 Å². The van der Waals surface area contributed by atoms with Gasteiger partial charge < -0.3 is 4.74 Å². The number of nitrogens with one attached hydrogen (secondary N) is 1. The molecule has 5 nitrogen and oxygen atoms in total. The first-order valence-corrected chi connectivity index (χ1v) is 6.99. The minimum atomic E-state index is -0.123. The summed E-state index contributed by atoms with van der Waals surface area (Å²) >= 11 is 1.59. The highest BCUT2D eigenvalue weighted by molar-refractivity contribution is 7.99. The summed E-state index contributed by atoms with van der Waals surface area (Å²) < 4.78 is 4.85. The number of ether oxygens (including phenoxy) is 1. The van der Waals surface area contributed by atoms with Crippen molar-refractivity contribution in [3.05, 3.63) is 5.82 Å². The molecular formula is C11H17N3O2S. The van der Waals surface area contributed by atoms with Gasteiger partial charge in [0, 0.05) is 18.1 Å². The molecule has 1 fully saturated rings. The van der Waals surface area contributed by atoms with E-state index < -0.39 is 0 Å². The van der Waals surface area contributed by atoms with Crippen LogP contribution in [-0.2, 0) is 9.53 Å². The number of carbonyl (C=O) groups is 1. The summed E-state index contributed by atoms with van der Waals surface area (Å²) in [4.78, 5) is 15.5. The number of thioether (sulfide) groups is 1. The van der Waals surface area contributed by atoms with Crippen LogP contribution in [0.15, 0.2) is 5.16 Å². The summed E-state index contributed by atoms with van der Waals surface area (Å²) in [6.45, 7) is 2.28. The lowest BCUT2D eigenvalue weighted by Crippen LogP contribution is -2.03. The summed E-state index contributed by atoms with van der Waals surface area (Å²) in [5, 5.41) is 7.89. The highest BCUT2D eigenvalue weighted by Crippen LogP contribution is 2.38. The second-order valence-corrected chi connectivity index (χ2v) is 5.10. The van der Waals surface area contributed by atoms with E-state index >= 15 is 0 Å². The van der Waals surface area contributed by atoms with Crippen molar-refractivity contribution in [1.82, 2.24) is 15.2 Å². The van der Waals surface area contributed by atoms with Crippen LogP contribution in [0.5, 0.6) is 0 Å². The molecule has 1 heterocycles. The topological polar surface area (TPSA) is 67.9 Å². The number of H-pyrrole nitrogens is 1. The van der Waals surface area contributed by atoms with E-state index in [2.05, 4.69) is 15.2 Å². The first-order valence-electron chi connectivity index (χ1n) is 6.00. The molecule has 0 aromatic carbocycles. The number of hydrogen-bond donors (Lipinski definition) is 1. The van der Waals surface area contributed by atoms with Crippen LogP contribution in [0.2, 0.25) is 0 Å². The van der Waals surface area contributed by atoms with Crippen molar-refractivity contribution >= 4 is 17.7 Å². The van der Waals surface area contributed by atoms with Crippen molar-refractivity contribution < 1.29 is 9.53 Å². The molecule has 1 aromatic rings. The lowest BCUT2D eigenvalue weighted by atomic mass is 10.3. The van der Waals surface area contributed by atoms with Crippen LogP contribution in [-0.4, -0.2) is 33.5 Å². The molecule has 0 radical (unpaired) electrons. The summed E-state index contributed by atoms with van der Waals surface area (Å²) in [6.07, 6.45) is 3.72. The van der Waals surface area contributed by atoms with Gasteiger partial charge in [-0.25, -0.2) is 4.98 Å². The Balaban J connectivity index is 1.62. The highest BCUT2D eigenvalue weighted by Gasteiger charge is 2.27. The van der Waals surface area contributed by atoms with Gasteiger partial charge in [-0.1, -0.05) is 11.8 Å². The van der Waals surface area contributed by atoms with Crippen molar-refractivity contribution in [2.45, 2.75) is 43.7 Å². The van der Waals surface area contributed by atoms with E-state index in [4.69, 9.17) is 4.74 Å². The zero-order chi connectivity index (χ0) is 12.1. The van der Waals surface area contributed by atoms with E-state index in [1.165, 1.54) is 12.8 Å². The average Bonchev–Trinajstić information content (AvgIpc) is 3.06. The molecule has 0 atom stereocenters. The zero-order valence-corrected chi connectivity index (χ0v) is 10.8. The molecule has 2 rings (SSSR count). The molecule has 0 spiro atoms. The summed E-state index contributed by atoms with van der Waals surface area (Å²) in [7, 11) is 0. The van der Waals surface area contributed by atoms with Crippen LogP contribution >= 0.6 is 11.8 Å². The van der Waals surface area contributed by atoms with Crippen LogP contribution < -0.4 is 0 Å². The molecular weight excluding hydrogens is 238 g/mol. The number of nitrogens with zero attached hydrogens (tertiary/aromatic N) is 2. The van der Waals surface area contributed by atoms with E-state index in [0.29, 0.717) is 18.9 Å². The Hall–Kier alpha value is -1.04. The summed E-state index contributed by atoms with van der Waals surface area (Å²) in [5.41, 5.74) is 0. The Kier molecular flexibility index (Phi) is 4.42. The Labute approximate surface area is 105 Å². The Morgan fingerprint density at radius 3 is 3.12 bits per heavy atom. The fraction of sp³-hybridized carbons (Fsp3) is 0.727. The monoisotopic (exact) mass is 255 g/mol. The van der Waals surface area contributed by atoms with Crippen molar-refractivity contribution in [3.8, 4) is 0 Å². The molecule has 1 aromatic heterocycles. The number of aromatic nitrogens is 3. The quantitative estimate of drug-likeness (QED) is 0.459. The van der Waals surface area contributed by atoms with Gasteiger partial charge in [0.2, 0.25) is 5.16 Å². The first kappa shape index (κ1) is 12.4. The van der Waals surface area contributed by atoms with Gasteiger partial charge in [-0.15, -0.1) is 5.10 Å². The number of carbonyl (C=O) groups excluding carboxylic acids is 1. The number of aromatic amines is 1. The standard InChI is InChI=1S/C11H17N3O2S/c1-2-16-9(15)4-3-7-17-11-12-10(13-14-11)8-5-6-8/h8H,2-7H2,1H3,(H,12,13,14). The minimum Gasteiger partial charge on any atom is -0.466 e. The van der Waals surface area contributed by atoms with Gasteiger partial charge in [0.05, 0.1) is 6.61 Å². The molecule has 1 aliphatic rings. The number of esters is 1. The predicted molar refractivity (Wildman–Crippen MR) is 64.9 cm³/mol. The molecule has 1 N–H and O–H groups in total. The van der Waals surface area contributed by atoms with E-state index in [1.54, 1.807) is 11.8 Å². The van der Waals surface area contributed by atoms with E-state index in [9.17, 15) is 4.79 Å². The smallest absolute Gasteiger partial charge is 0.305 e. The van der Waals surface area contributed by atoms with Crippen molar-refractivity contribution in [2.75, 3.05) is 12.4 Å². The molecule has 1 aliphatic carbocycles. The van der Waals surface area contributed by atoms with Crippen LogP contribution in [0, 0.1) is 0 Å². The molecule has 1 saturated carbocycles. The third-order valence-electron chi connectivity index (χ3n) is 2.51. The van der Waals surface area contributed by atoms with Crippen LogP contribution in [0.25, 0.3) is 0 Å². The van der Waals surface area contributed by atoms with Gasteiger partial charge in [0.15, 0.2) is 0 Å². The van der Waals surface area contributed by atoms with Gasteiger partial charge in [0.25, 0.3) is 0 Å². The third kappa shape index (κ3) is 4.03. The normalized spacial score (nSPS) is 14.9. The molecule has 0 saturated heterocycles. The van der Waals surface area contributed by atoms with Crippen molar-refractivity contribution in [2.24, 2.45) is 0 Å². The second kappa shape index (κ2) is 6.05. The molecule has 0 unspecified atom stereocenters. The largest absolute Gasteiger partial charge is 0.466 e. The van der Waals surface area contributed by atoms with Gasteiger partial charge >= 0.3 is 5.97 Å². The molecule has 17 heavy (non-hydrogen) atoms. The second-order valence-electron chi connectivity index (χ2n) is 4.03. The lowest BCUT2D eigenvalue weighted by molar-refractivity contribution is -0.143. The zero-order valence-electron chi connectivity index (χ0n) is 9.94. The maximum absolute atomic E-state index is 11.1. The maximum atomic E-state index is 11.1. The summed E-state index contributed by atoms with van der Waals surface area (Å²) in [6, 6.07) is 0. The average molecular weight is 255 g/mol. The highest BCUT2D eigenvalue weighted by atomic mass is 32.2. The fourth-order valence-corrected chi connectivity index (χ4v) is 2.22. The lowest BCUT2D eigenvalue weighted by Gasteiger charge is -1.99. The van der Waals surface area contributed by atoms with E-state index in [1.807, 2.05) is 6.92 Å². The molecule has 0 bridgehead atoms. The molecule has 0 amide bonds. The molecule has 6 heteroatoms. The van der Waals surface area contributed by atoms with Crippen molar-refractivity contribution in [3.63, 3.8) is 0 Å². The molecule has 94 valence electrons. The first-order chi connectivity index (χ1) is 8.29. The summed E-state index contributed by atoms with van der Waals surface area (Å²) in [5.74, 6) is 2.34. The van der Waals surface area contributed by atoms with Gasteiger partial charge in [0.1, 0.15) is 5.82 Å². The van der Waals surface area contributed by atoms with Crippen LogP contribution in [0.4, 0.5) is 0 Å². The fourth-order valence-electron chi connectivity index (χ4n) is 1.48. The third-order valence-corrected chi connectivity index (χ3v) is 3.44. The van der Waals surface area contributed by atoms with E-state index in [0.717, 1.165) is 23.2 Å². The maximum Gasteiger partial charge on any atom is 0.305 e. The van der Waals surface area contributed by atoms with Gasteiger partial charge in [-0.05, 0) is 26.2 Å². The van der Waals surface area contributed by atoms with E-state index in [-0.39, 0.29) is 5.97 Å². The minimum absolute atomic E-state index is 0.123. The van der Waals surface area contributed by atoms with Crippen molar-refractivity contribution in [1.29, 1.82) is 0 Å². The number of hydrogen-bond acceptors (Lipinski definition) is 5.